The van der Waals surface area contributed by atoms with Gasteiger partial charge in [0.1, 0.15) is 18.2 Å². The highest BCUT2D eigenvalue weighted by molar-refractivity contribution is 6.31. The van der Waals surface area contributed by atoms with Crippen LogP contribution in [-0.2, 0) is 17.9 Å². The van der Waals surface area contributed by atoms with Gasteiger partial charge in [-0.15, -0.1) is 0 Å². The van der Waals surface area contributed by atoms with Crippen molar-refractivity contribution >= 4 is 28.3 Å². The quantitative estimate of drug-likeness (QED) is 0.339. The van der Waals surface area contributed by atoms with E-state index in [2.05, 4.69) is 33.7 Å². The van der Waals surface area contributed by atoms with Crippen LogP contribution in [0.2, 0.25) is 5.02 Å². The van der Waals surface area contributed by atoms with Crippen molar-refractivity contribution in [3.8, 4) is 17.1 Å². The Labute approximate surface area is 212 Å². The number of aromatic nitrogens is 3. The Kier molecular flexibility index (Phi) is 6.79. The molecule has 3 N–H and O–H groups in total. The van der Waals surface area contributed by atoms with E-state index in [1.54, 1.807) is 6.20 Å². The summed E-state index contributed by atoms with van der Waals surface area (Å²) in [5, 5.41) is 0.737. The molecule has 2 aromatic carbocycles. The van der Waals surface area contributed by atoms with Crippen LogP contribution in [0.4, 0.5) is 14.6 Å². The average molecular weight is 514 g/mol. The molecule has 4 aromatic rings. The van der Waals surface area contributed by atoms with Gasteiger partial charge in [-0.25, -0.2) is 18.7 Å². The van der Waals surface area contributed by atoms with Crippen molar-refractivity contribution in [3.63, 3.8) is 0 Å². The van der Waals surface area contributed by atoms with Gasteiger partial charge in [0.15, 0.2) is 5.82 Å². The number of nitrogen functional groups attached to an aromatic ring is 1. The number of anilines is 1. The van der Waals surface area contributed by atoms with E-state index in [0.717, 1.165) is 48.2 Å². The van der Waals surface area contributed by atoms with E-state index in [1.165, 1.54) is 5.56 Å². The molecule has 1 aliphatic rings. The Bertz CT molecular complexity index is 1400. The Morgan fingerprint density at radius 1 is 1.17 bits per heavy atom. The van der Waals surface area contributed by atoms with E-state index in [1.807, 2.05) is 24.4 Å². The Balaban J connectivity index is 1.40. The lowest BCUT2D eigenvalue weighted by Crippen LogP contribution is -2.44. The van der Waals surface area contributed by atoms with E-state index in [-0.39, 0.29) is 41.1 Å². The molecule has 3 heterocycles. The molecule has 2 atom stereocenters. The first-order valence-corrected chi connectivity index (χ1v) is 12.0. The highest BCUT2D eigenvalue weighted by atomic mass is 35.5. The maximum Gasteiger partial charge on any atom is 0.258 e. The number of morpholine rings is 1. The third-order valence-corrected chi connectivity index (χ3v) is 6.62. The van der Waals surface area contributed by atoms with Gasteiger partial charge < -0.3 is 20.2 Å². The van der Waals surface area contributed by atoms with Crippen molar-refractivity contribution in [2.75, 3.05) is 18.8 Å². The van der Waals surface area contributed by atoms with Crippen LogP contribution in [0, 0.1) is 11.6 Å². The van der Waals surface area contributed by atoms with Crippen molar-refractivity contribution in [2.24, 2.45) is 0 Å². The van der Waals surface area contributed by atoms with Crippen LogP contribution >= 0.6 is 11.6 Å². The number of rotatable bonds is 6. The third kappa shape index (κ3) is 5.00. The van der Waals surface area contributed by atoms with Gasteiger partial charge in [-0.05, 0) is 43.7 Å². The summed E-state index contributed by atoms with van der Waals surface area (Å²) in [5.74, 6) is -1.37. The molecule has 2 aromatic heterocycles. The molecule has 1 fully saturated rings. The van der Waals surface area contributed by atoms with E-state index in [0.29, 0.717) is 5.69 Å². The normalized spacial score (nSPS) is 18.6. The number of hydrogen-bond acceptors (Lipinski definition) is 6. The smallest absolute Gasteiger partial charge is 0.258 e. The number of nitrogens with two attached hydrogens (primary N) is 1. The van der Waals surface area contributed by atoms with Gasteiger partial charge in [-0.3, -0.25) is 4.90 Å². The van der Waals surface area contributed by atoms with Crippen LogP contribution in [0.25, 0.3) is 22.2 Å². The number of nitrogens with one attached hydrogen (secondary N) is 1. The minimum absolute atomic E-state index is 0.0120. The minimum atomic E-state index is -0.735. The van der Waals surface area contributed by atoms with Gasteiger partial charge in [0, 0.05) is 47.9 Å². The standard InChI is InChI=1S/C26H26ClF2N5O2/c1-14-10-34(11-15(2)36-14)12-17-8-31-22-6-3-16(7-18(17)22)23-9-32-25(30)26(33-23)35-13-19-20(28)4-5-21(29)24(19)27/h3-9,14-15,31H,10-13H2,1-2H3,(H2,30,32). The monoisotopic (exact) mass is 513 g/mol. The van der Waals surface area contributed by atoms with Crippen LogP contribution in [0.3, 0.4) is 0 Å². The van der Waals surface area contributed by atoms with Crippen LogP contribution in [0.1, 0.15) is 25.0 Å². The highest BCUT2D eigenvalue weighted by Gasteiger charge is 2.23. The van der Waals surface area contributed by atoms with E-state index in [9.17, 15) is 8.78 Å². The van der Waals surface area contributed by atoms with Gasteiger partial charge in [0.25, 0.3) is 5.88 Å². The predicted octanol–water partition coefficient (Wildman–Crippen LogP) is 5.33. The maximum atomic E-state index is 14.1. The molecule has 1 saturated heterocycles. The fraction of sp³-hybridized carbons (Fsp3) is 0.308. The largest absolute Gasteiger partial charge is 0.470 e. The number of fused-ring (bicyclic) bond motifs is 1. The molecule has 1 aliphatic heterocycles. The minimum Gasteiger partial charge on any atom is -0.470 e. The van der Waals surface area contributed by atoms with Crippen LogP contribution < -0.4 is 10.5 Å². The molecular weight excluding hydrogens is 488 g/mol. The molecular formula is C26H26ClF2N5O2. The fourth-order valence-corrected chi connectivity index (χ4v) is 4.80. The Morgan fingerprint density at radius 3 is 2.69 bits per heavy atom. The SMILES string of the molecule is CC1CN(Cc2c[nH]c3ccc(-c4cnc(N)c(OCc5c(F)ccc(F)c5Cl)n4)cc23)CC(C)O1. The second kappa shape index (κ2) is 10.0. The van der Waals surface area contributed by atoms with Gasteiger partial charge in [0.2, 0.25) is 0 Å². The number of H-pyrrole nitrogens is 1. The summed E-state index contributed by atoms with van der Waals surface area (Å²) in [4.78, 5) is 14.4. The summed E-state index contributed by atoms with van der Waals surface area (Å²) in [6, 6.07) is 7.91. The van der Waals surface area contributed by atoms with Crippen LogP contribution in [0.15, 0.2) is 42.7 Å². The molecule has 10 heteroatoms. The first-order chi connectivity index (χ1) is 17.3. The lowest BCUT2D eigenvalue weighted by molar-refractivity contribution is -0.0703. The van der Waals surface area contributed by atoms with Gasteiger partial charge >= 0.3 is 0 Å². The lowest BCUT2D eigenvalue weighted by atomic mass is 10.1. The summed E-state index contributed by atoms with van der Waals surface area (Å²) in [7, 11) is 0. The molecule has 188 valence electrons. The van der Waals surface area contributed by atoms with Crippen molar-refractivity contribution in [1.29, 1.82) is 0 Å². The van der Waals surface area contributed by atoms with Crippen molar-refractivity contribution in [2.45, 2.75) is 39.2 Å². The van der Waals surface area contributed by atoms with Gasteiger partial charge in [0.05, 0.1) is 29.1 Å². The van der Waals surface area contributed by atoms with E-state index < -0.39 is 11.6 Å². The number of hydrogen-bond donors (Lipinski definition) is 2. The molecule has 2 unspecified atom stereocenters. The van der Waals surface area contributed by atoms with Crippen molar-refractivity contribution in [1.82, 2.24) is 19.9 Å². The average Bonchev–Trinajstić information content (AvgIpc) is 3.24. The number of benzene rings is 2. The molecule has 0 aliphatic carbocycles. The summed E-state index contributed by atoms with van der Waals surface area (Å²) in [6.45, 7) is 6.37. The number of ether oxygens (including phenoxy) is 2. The van der Waals surface area contributed by atoms with E-state index >= 15 is 0 Å². The van der Waals surface area contributed by atoms with Crippen LogP contribution in [-0.4, -0.2) is 45.1 Å². The first-order valence-electron chi connectivity index (χ1n) is 11.6. The number of nitrogens with zero attached hydrogens (tertiary/aromatic N) is 3. The Hall–Kier alpha value is -3.27. The van der Waals surface area contributed by atoms with Gasteiger partial charge in [-0.2, -0.15) is 0 Å². The summed E-state index contributed by atoms with van der Waals surface area (Å²) in [5.41, 5.74) is 9.36. The molecule has 0 saturated carbocycles. The molecule has 0 bridgehead atoms. The zero-order valence-electron chi connectivity index (χ0n) is 19.9. The molecule has 5 rings (SSSR count). The fourth-order valence-electron chi connectivity index (χ4n) is 4.59. The number of aromatic amines is 1. The van der Waals surface area contributed by atoms with E-state index in [4.69, 9.17) is 26.8 Å². The topological polar surface area (TPSA) is 89.3 Å². The molecule has 0 spiro atoms. The molecule has 36 heavy (non-hydrogen) atoms. The second-order valence-corrected chi connectivity index (χ2v) is 9.46. The molecule has 7 nitrogen and oxygen atoms in total. The third-order valence-electron chi connectivity index (χ3n) is 6.21. The Morgan fingerprint density at radius 2 is 1.92 bits per heavy atom. The summed E-state index contributed by atoms with van der Waals surface area (Å²) < 4.78 is 39.3. The summed E-state index contributed by atoms with van der Waals surface area (Å²) >= 11 is 5.90. The van der Waals surface area contributed by atoms with Crippen molar-refractivity contribution < 1.29 is 18.3 Å². The lowest BCUT2D eigenvalue weighted by Gasteiger charge is -2.35. The van der Waals surface area contributed by atoms with Crippen LogP contribution in [0.5, 0.6) is 5.88 Å². The molecule has 0 radical (unpaired) electrons. The molecule has 0 amide bonds. The van der Waals surface area contributed by atoms with Gasteiger partial charge in [-0.1, -0.05) is 17.7 Å². The zero-order valence-corrected chi connectivity index (χ0v) is 20.6. The zero-order chi connectivity index (χ0) is 25.4. The van der Waals surface area contributed by atoms with Crippen molar-refractivity contribution in [3.05, 3.63) is 70.5 Å². The second-order valence-electron chi connectivity index (χ2n) is 9.08. The summed E-state index contributed by atoms with van der Waals surface area (Å²) in [6.07, 6.45) is 3.96. The highest BCUT2D eigenvalue weighted by Crippen LogP contribution is 2.30. The first kappa shape index (κ1) is 24.4. The predicted molar refractivity (Wildman–Crippen MR) is 135 cm³/mol. The maximum absolute atomic E-state index is 14.1. The number of halogens is 3.